The van der Waals surface area contributed by atoms with Crippen LogP contribution in [0.5, 0.6) is 11.5 Å². The minimum Gasteiger partial charge on any atom is -0.457 e. The van der Waals surface area contributed by atoms with Gasteiger partial charge < -0.3 is 14.8 Å². The molecule has 1 N–H and O–H groups in total. The van der Waals surface area contributed by atoms with Crippen LogP contribution in [0.25, 0.3) is 0 Å². The molecule has 0 unspecified atom stereocenters. The number of hydrogen-bond donors (Lipinski definition) is 1. The molecule has 0 spiro atoms. The van der Waals surface area contributed by atoms with Crippen LogP contribution >= 0.6 is 11.6 Å². The zero-order chi connectivity index (χ0) is 21.8. The molecule has 4 rings (SSSR count). The Hall–Kier alpha value is -3.39. The average Bonchev–Trinajstić information content (AvgIpc) is 3.15. The molecule has 1 aliphatic heterocycles. The quantitative estimate of drug-likeness (QED) is 0.539. The number of hydrogen-bond acceptors (Lipinski definition) is 7. The Balaban J connectivity index is 1.47. The minimum absolute atomic E-state index is 0.000798. The molecule has 1 aromatic heterocycles. The topological polar surface area (TPSA) is 89.5 Å². The first-order valence-corrected chi connectivity index (χ1v) is 10.4. The second-order valence-corrected chi connectivity index (χ2v) is 7.43. The highest BCUT2D eigenvalue weighted by Gasteiger charge is 2.35. The van der Waals surface area contributed by atoms with E-state index in [1.54, 1.807) is 0 Å². The van der Waals surface area contributed by atoms with Gasteiger partial charge in [-0.2, -0.15) is 15.0 Å². The van der Waals surface area contributed by atoms with Crippen molar-refractivity contribution in [1.82, 2.24) is 15.0 Å². The molecular weight excluding hydrogens is 418 g/mol. The van der Waals surface area contributed by atoms with Crippen LogP contribution in [-0.2, 0) is 4.74 Å². The number of benzene rings is 2. The van der Waals surface area contributed by atoms with Crippen molar-refractivity contribution in [2.75, 3.05) is 16.8 Å². The standard InChI is InChI=1S/C22H22ClN5O3/c1-3-16-13-30-22(29)28(16)21-26-19(23)25-20(27-21)24-14(2)15-9-11-18(12-10-15)31-17-7-5-4-6-8-17/h4-12,14,16H,3,13H2,1-2H3,(H,24,25,26,27)/t14-,16-/m0/s1. The van der Waals surface area contributed by atoms with Gasteiger partial charge in [-0.25, -0.2) is 9.69 Å². The number of nitrogens with one attached hydrogen (secondary N) is 1. The number of para-hydroxylation sites is 1. The molecular formula is C22H22ClN5O3. The normalized spacial score (nSPS) is 16.7. The lowest BCUT2D eigenvalue weighted by atomic mass is 10.1. The van der Waals surface area contributed by atoms with E-state index < -0.39 is 6.09 Å². The number of carbonyl (C=O) groups excluding carboxylic acids is 1. The molecule has 1 saturated heterocycles. The second kappa shape index (κ2) is 9.18. The van der Waals surface area contributed by atoms with E-state index in [-0.39, 0.29) is 29.3 Å². The maximum atomic E-state index is 12.1. The van der Waals surface area contributed by atoms with E-state index in [1.165, 1.54) is 4.90 Å². The van der Waals surface area contributed by atoms with Crippen molar-refractivity contribution in [2.24, 2.45) is 0 Å². The van der Waals surface area contributed by atoms with Crippen LogP contribution in [0.15, 0.2) is 54.6 Å². The fourth-order valence-electron chi connectivity index (χ4n) is 3.24. The predicted molar refractivity (Wildman–Crippen MR) is 118 cm³/mol. The summed E-state index contributed by atoms with van der Waals surface area (Å²) in [4.78, 5) is 26.2. The van der Waals surface area contributed by atoms with Gasteiger partial charge in [0.05, 0.1) is 12.1 Å². The maximum absolute atomic E-state index is 12.1. The van der Waals surface area contributed by atoms with Crippen molar-refractivity contribution in [3.05, 3.63) is 65.4 Å². The summed E-state index contributed by atoms with van der Waals surface area (Å²) >= 11 is 6.10. The van der Waals surface area contributed by atoms with Gasteiger partial charge in [0, 0.05) is 0 Å². The number of halogens is 1. The van der Waals surface area contributed by atoms with Gasteiger partial charge in [-0.3, -0.25) is 0 Å². The van der Waals surface area contributed by atoms with Gasteiger partial charge in [0.1, 0.15) is 18.1 Å². The zero-order valence-electron chi connectivity index (χ0n) is 17.2. The van der Waals surface area contributed by atoms with E-state index in [2.05, 4.69) is 20.3 Å². The van der Waals surface area contributed by atoms with Gasteiger partial charge in [0.25, 0.3) is 0 Å². The van der Waals surface area contributed by atoms with Crippen LogP contribution in [0.1, 0.15) is 31.9 Å². The number of cyclic esters (lactones) is 1. The van der Waals surface area contributed by atoms with Crippen LogP contribution < -0.4 is 15.0 Å². The Morgan fingerprint density at radius 3 is 2.55 bits per heavy atom. The third-order valence-electron chi connectivity index (χ3n) is 4.95. The molecule has 2 atom stereocenters. The molecule has 0 bridgehead atoms. The van der Waals surface area contributed by atoms with Gasteiger partial charge in [0.2, 0.25) is 17.2 Å². The third kappa shape index (κ3) is 4.86. The molecule has 0 radical (unpaired) electrons. The Labute approximate surface area is 185 Å². The molecule has 9 heteroatoms. The van der Waals surface area contributed by atoms with Gasteiger partial charge in [-0.15, -0.1) is 0 Å². The first-order chi connectivity index (χ1) is 15.0. The highest BCUT2D eigenvalue weighted by molar-refractivity contribution is 6.28. The van der Waals surface area contributed by atoms with Crippen LogP contribution in [0.2, 0.25) is 5.28 Å². The van der Waals surface area contributed by atoms with Crippen molar-refractivity contribution in [2.45, 2.75) is 32.4 Å². The highest BCUT2D eigenvalue weighted by atomic mass is 35.5. The van der Waals surface area contributed by atoms with Gasteiger partial charge in [-0.1, -0.05) is 37.3 Å². The SMILES string of the molecule is CC[C@H]1COC(=O)N1c1nc(Cl)nc(N[C@@H](C)c2ccc(Oc3ccccc3)cc2)n1. The van der Waals surface area contributed by atoms with Crippen LogP contribution in [0, 0.1) is 0 Å². The summed E-state index contributed by atoms with van der Waals surface area (Å²) in [5.74, 6) is 1.97. The van der Waals surface area contributed by atoms with Crippen LogP contribution in [-0.4, -0.2) is 33.7 Å². The molecule has 3 aromatic rings. The van der Waals surface area contributed by atoms with Crippen molar-refractivity contribution < 1.29 is 14.3 Å². The molecule has 1 amide bonds. The summed E-state index contributed by atoms with van der Waals surface area (Å²) in [6.07, 6.45) is 0.230. The van der Waals surface area contributed by atoms with Crippen LogP contribution in [0.4, 0.5) is 16.7 Å². The summed E-state index contributed by atoms with van der Waals surface area (Å²) < 4.78 is 10.9. The van der Waals surface area contributed by atoms with Crippen molar-refractivity contribution in [3.8, 4) is 11.5 Å². The smallest absolute Gasteiger partial charge is 0.417 e. The lowest BCUT2D eigenvalue weighted by Crippen LogP contribution is -2.34. The Morgan fingerprint density at radius 2 is 1.84 bits per heavy atom. The summed E-state index contributed by atoms with van der Waals surface area (Å²) in [5.41, 5.74) is 1.01. The molecule has 0 saturated carbocycles. The van der Waals surface area contributed by atoms with E-state index in [9.17, 15) is 4.79 Å². The first-order valence-electron chi connectivity index (χ1n) is 10.0. The molecule has 0 aliphatic carbocycles. The number of rotatable bonds is 7. The Bertz CT molecular complexity index is 1050. The monoisotopic (exact) mass is 439 g/mol. The Kier molecular flexibility index (Phi) is 6.18. The molecule has 8 nitrogen and oxygen atoms in total. The van der Waals surface area contributed by atoms with Gasteiger partial charge in [0.15, 0.2) is 0 Å². The van der Waals surface area contributed by atoms with E-state index in [4.69, 9.17) is 21.1 Å². The summed E-state index contributed by atoms with van der Waals surface area (Å²) in [5, 5.41) is 3.21. The number of aromatic nitrogens is 3. The second-order valence-electron chi connectivity index (χ2n) is 7.09. The number of anilines is 2. The van der Waals surface area contributed by atoms with Crippen molar-refractivity contribution >= 4 is 29.6 Å². The summed E-state index contributed by atoms with van der Waals surface area (Å²) in [7, 11) is 0. The maximum Gasteiger partial charge on any atom is 0.417 e. The fraction of sp³-hybridized carbons (Fsp3) is 0.273. The van der Waals surface area contributed by atoms with Gasteiger partial charge >= 0.3 is 6.09 Å². The first kappa shape index (κ1) is 20.9. The largest absolute Gasteiger partial charge is 0.457 e. The number of nitrogens with zero attached hydrogens (tertiary/aromatic N) is 4. The van der Waals surface area contributed by atoms with E-state index >= 15 is 0 Å². The molecule has 31 heavy (non-hydrogen) atoms. The average molecular weight is 440 g/mol. The highest BCUT2D eigenvalue weighted by Crippen LogP contribution is 2.26. The Morgan fingerprint density at radius 1 is 1.13 bits per heavy atom. The molecule has 2 heterocycles. The predicted octanol–water partition coefficient (Wildman–Crippen LogP) is 5.23. The van der Waals surface area contributed by atoms with Gasteiger partial charge in [-0.05, 0) is 54.8 Å². The fourth-order valence-corrected chi connectivity index (χ4v) is 3.40. The number of carbonyl (C=O) groups is 1. The van der Waals surface area contributed by atoms with E-state index in [0.717, 1.165) is 17.1 Å². The minimum atomic E-state index is -0.484. The lowest BCUT2D eigenvalue weighted by molar-refractivity contribution is 0.178. The summed E-state index contributed by atoms with van der Waals surface area (Å²) in [6.45, 7) is 4.24. The van der Waals surface area contributed by atoms with Crippen LogP contribution in [0.3, 0.4) is 0 Å². The lowest BCUT2D eigenvalue weighted by Gasteiger charge is -2.19. The van der Waals surface area contributed by atoms with E-state index in [1.807, 2.05) is 68.4 Å². The zero-order valence-corrected chi connectivity index (χ0v) is 17.9. The molecule has 1 fully saturated rings. The molecule has 160 valence electrons. The van der Waals surface area contributed by atoms with Crippen molar-refractivity contribution in [1.29, 1.82) is 0 Å². The molecule has 2 aromatic carbocycles. The van der Waals surface area contributed by atoms with E-state index in [0.29, 0.717) is 13.0 Å². The van der Waals surface area contributed by atoms with Crippen molar-refractivity contribution in [3.63, 3.8) is 0 Å². The third-order valence-corrected chi connectivity index (χ3v) is 5.12. The number of ether oxygens (including phenoxy) is 2. The summed E-state index contributed by atoms with van der Waals surface area (Å²) in [6, 6.07) is 17.1. The number of amides is 1. The molecule has 1 aliphatic rings.